The fraction of sp³-hybridized carbons (Fsp3) is 0.500. The molecule has 1 fully saturated rings. The van der Waals surface area contributed by atoms with Gasteiger partial charge in [0.2, 0.25) is 0 Å². The van der Waals surface area contributed by atoms with Gasteiger partial charge in [-0.15, -0.1) is 0 Å². The highest BCUT2D eigenvalue weighted by atomic mass is 16.3. The Kier molecular flexibility index (Phi) is 4.20. The first-order valence-electron chi connectivity index (χ1n) is 6.47. The SMILES string of the molecule is Cc1cc(C(=O)NCCN2CCCC2)ccc1O. The average Bonchev–Trinajstić information content (AvgIpc) is 2.85. The van der Waals surface area contributed by atoms with Crippen molar-refractivity contribution in [2.75, 3.05) is 26.2 Å². The molecule has 18 heavy (non-hydrogen) atoms. The molecule has 1 heterocycles. The van der Waals surface area contributed by atoms with Gasteiger partial charge >= 0.3 is 0 Å². The highest BCUT2D eigenvalue weighted by molar-refractivity contribution is 5.94. The lowest BCUT2D eigenvalue weighted by atomic mass is 10.1. The van der Waals surface area contributed by atoms with Gasteiger partial charge in [0.25, 0.3) is 5.91 Å². The minimum atomic E-state index is -0.0719. The minimum Gasteiger partial charge on any atom is -0.508 e. The molecule has 0 aromatic heterocycles. The number of likely N-dealkylation sites (tertiary alicyclic amines) is 1. The van der Waals surface area contributed by atoms with E-state index in [1.54, 1.807) is 25.1 Å². The Morgan fingerprint density at radius 2 is 2.11 bits per heavy atom. The van der Waals surface area contributed by atoms with Gasteiger partial charge in [-0.25, -0.2) is 0 Å². The van der Waals surface area contributed by atoms with Crippen molar-refractivity contribution in [2.45, 2.75) is 19.8 Å². The molecular formula is C14H20N2O2. The molecule has 0 aliphatic carbocycles. The van der Waals surface area contributed by atoms with E-state index in [0.717, 1.165) is 25.2 Å². The fourth-order valence-electron chi connectivity index (χ4n) is 2.23. The van der Waals surface area contributed by atoms with Gasteiger partial charge in [0.1, 0.15) is 5.75 Å². The number of hydrogen-bond donors (Lipinski definition) is 2. The predicted octanol–water partition coefficient (Wildman–Crippen LogP) is 1.53. The van der Waals surface area contributed by atoms with Crippen LogP contribution in [0.4, 0.5) is 0 Å². The van der Waals surface area contributed by atoms with Gasteiger partial charge in [0.05, 0.1) is 0 Å². The summed E-state index contributed by atoms with van der Waals surface area (Å²) in [5.41, 5.74) is 1.33. The Morgan fingerprint density at radius 3 is 2.78 bits per heavy atom. The molecular weight excluding hydrogens is 228 g/mol. The molecule has 4 nitrogen and oxygen atoms in total. The number of aromatic hydroxyl groups is 1. The largest absolute Gasteiger partial charge is 0.508 e. The van der Waals surface area contributed by atoms with Crippen molar-refractivity contribution in [2.24, 2.45) is 0 Å². The molecule has 1 amide bonds. The third-order valence-electron chi connectivity index (χ3n) is 3.37. The van der Waals surface area contributed by atoms with Crippen LogP contribution in [0.1, 0.15) is 28.8 Å². The number of nitrogens with one attached hydrogen (secondary N) is 1. The number of hydrogen-bond acceptors (Lipinski definition) is 3. The first-order chi connectivity index (χ1) is 8.66. The topological polar surface area (TPSA) is 52.6 Å². The highest BCUT2D eigenvalue weighted by Crippen LogP contribution is 2.16. The Bertz CT molecular complexity index is 426. The second-order valence-electron chi connectivity index (χ2n) is 4.81. The van der Waals surface area contributed by atoms with Crippen LogP contribution >= 0.6 is 0 Å². The number of carbonyl (C=O) groups excluding carboxylic acids is 1. The van der Waals surface area contributed by atoms with E-state index >= 15 is 0 Å². The summed E-state index contributed by atoms with van der Waals surface area (Å²) < 4.78 is 0. The summed E-state index contributed by atoms with van der Waals surface area (Å²) in [6.45, 7) is 5.68. The molecule has 0 saturated carbocycles. The van der Waals surface area contributed by atoms with Gasteiger partial charge in [-0.2, -0.15) is 0 Å². The quantitative estimate of drug-likeness (QED) is 0.849. The molecule has 0 radical (unpaired) electrons. The Balaban J connectivity index is 1.81. The van der Waals surface area contributed by atoms with E-state index in [-0.39, 0.29) is 11.7 Å². The van der Waals surface area contributed by atoms with Crippen LogP contribution in [0, 0.1) is 6.92 Å². The van der Waals surface area contributed by atoms with Gasteiger partial charge in [0, 0.05) is 18.7 Å². The molecule has 2 N–H and O–H groups in total. The number of rotatable bonds is 4. The molecule has 1 aliphatic rings. The summed E-state index contributed by atoms with van der Waals surface area (Å²) in [5.74, 6) is 0.154. The molecule has 1 saturated heterocycles. The zero-order valence-electron chi connectivity index (χ0n) is 10.8. The second-order valence-corrected chi connectivity index (χ2v) is 4.81. The van der Waals surface area contributed by atoms with Crippen molar-refractivity contribution in [3.05, 3.63) is 29.3 Å². The van der Waals surface area contributed by atoms with Crippen LogP contribution < -0.4 is 5.32 Å². The van der Waals surface area contributed by atoms with Gasteiger partial charge < -0.3 is 15.3 Å². The first kappa shape index (κ1) is 12.9. The molecule has 1 aliphatic heterocycles. The summed E-state index contributed by atoms with van der Waals surface area (Å²) in [4.78, 5) is 14.2. The molecule has 98 valence electrons. The number of phenolic OH excluding ortho intramolecular Hbond substituents is 1. The zero-order valence-corrected chi connectivity index (χ0v) is 10.8. The van der Waals surface area contributed by atoms with Gasteiger partial charge in [-0.3, -0.25) is 4.79 Å². The summed E-state index contributed by atoms with van der Waals surface area (Å²) in [5, 5.41) is 12.3. The summed E-state index contributed by atoms with van der Waals surface area (Å²) in [6.07, 6.45) is 2.54. The third-order valence-corrected chi connectivity index (χ3v) is 3.37. The molecule has 0 bridgehead atoms. The fourth-order valence-corrected chi connectivity index (χ4v) is 2.23. The maximum Gasteiger partial charge on any atom is 0.251 e. The number of phenols is 1. The van der Waals surface area contributed by atoms with E-state index < -0.39 is 0 Å². The molecule has 1 aromatic rings. The van der Waals surface area contributed by atoms with Gasteiger partial charge in [-0.1, -0.05) is 0 Å². The van der Waals surface area contributed by atoms with Crippen molar-refractivity contribution in [1.29, 1.82) is 0 Å². The van der Waals surface area contributed by atoms with E-state index in [4.69, 9.17) is 0 Å². The molecule has 0 unspecified atom stereocenters. The summed E-state index contributed by atoms with van der Waals surface area (Å²) >= 11 is 0. The third kappa shape index (κ3) is 3.23. The normalized spacial score (nSPS) is 15.8. The predicted molar refractivity (Wildman–Crippen MR) is 70.9 cm³/mol. The number of nitrogens with zero attached hydrogens (tertiary/aromatic N) is 1. The van der Waals surface area contributed by atoms with Crippen LogP contribution in [-0.4, -0.2) is 42.1 Å². The average molecular weight is 248 g/mol. The van der Waals surface area contributed by atoms with Gasteiger partial charge in [0.15, 0.2) is 0 Å². The van der Waals surface area contributed by atoms with Crippen LogP contribution in [0.2, 0.25) is 0 Å². The van der Waals surface area contributed by atoms with E-state index in [9.17, 15) is 9.90 Å². The number of carbonyl (C=O) groups is 1. The lowest BCUT2D eigenvalue weighted by Gasteiger charge is -2.14. The van der Waals surface area contributed by atoms with Crippen LogP contribution in [0.5, 0.6) is 5.75 Å². The van der Waals surface area contributed by atoms with Crippen LogP contribution in [-0.2, 0) is 0 Å². The van der Waals surface area contributed by atoms with Gasteiger partial charge in [-0.05, 0) is 56.6 Å². The van der Waals surface area contributed by atoms with E-state index in [0.29, 0.717) is 12.1 Å². The second kappa shape index (κ2) is 5.87. The van der Waals surface area contributed by atoms with Crippen molar-refractivity contribution >= 4 is 5.91 Å². The lowest BCUT2D eigenvalue weighted by Crippen LogP contribution is -2.33. The lowest BCUT2D eigenvalue weighted by molar-refractivity contribution is 0.0949. The van der Waals surface area contributed by atoms with Crippen molar-refractivity contribution in [3.63, 3.8) is 0 Å². The summed E-state index contributed by atoms with van der Waals surface area (Å²) in [6, 6.07) is 4.92. The summed E-state index contributed by atoms with van der Waals surface area (Å²) in [7, 11) is 0. The Labute approximate surface area is 108 Å². The van der Waals surface area contributed by atoms with E-state index in [2.05, 4.69) is 10.2 Å². The molecule has 0 atom stereocenters. The monoisotopic (exact) mass is 248 g/mol. The molecule has 1 aromatic carbocycles. The zero-order chi connectivity index (χ0) is 13.0. The number of amides is 1. The maximum absolute atomic E-state index is 11.9. The van der Waals surface area contributed by atoms with Crippen LogP contribution in [0.25, 0.3) is 0 Å². The highest BCUT2D eigenvalue weighted by Gasteiger charge is 2.12. The van der Waals surface area contributed by atoms with Crippen LogP contribution in [0.15, 0.2) is 18.2 Å². The van der Waals surface area contributed by atoms with Crippen molar-refractivity contribution in [1.82, 2.24) is 10.2 Å². The first-order valence-corrected chi connectivity index (χ1v) is 6.47. The van der Waals surface area contributed by atoms with Crippen molar-refractivity contribution in [3.8, 4) is 5.75 Å². The van der Waals surface area contributed by atoms with Crippen LogP contribution in [0.3, 0.4) is 0 Å². The maximum atomic E-state index is 11.9. The number of aryl methyl sites for hydroxylation is 1. The smallest absolute Gasteiger partial charge is 0.251 e. The number of benzene rings is 1. The van der Waals surface area contributed by atoms with Crippen molar-refractivity contribution < 1.29 is 9.90 Å². The van der Waals surface area contributed by atoms with E-state index in [1.807, 2.05) is 0 Å². The molecule has 0 spiro atoms. The Morgan fingerprint density at radius 1 is 1.39 bits per heavy atom. The molecule has 2 rings (SSSR count). The Hall–Kier alpha value is -1.55. The standard InChI is InChI=1S/C14H20N2O2/c1-11-10-12(4-5-13(11)17)14(18)15-6-9-16-7-2-3-8-16/h4-5,10,17H,2-3,6-9H2,1H3,(H,15,18). The molecule has 4 heteroatoms. The minimum absolute atomic E-state index is 0.0719. The van der Waals surface area contributed by atoms with E-state index in [1.165, 1.54) is 12.8 Å².